The molecular weight excluding hydrogens is 268 g/mol. The third-order valence-corrected chi connectivity index (χ3v) is 4.56. The number of aromatic hydroxyl groups is 1. The first-order valence-electron chi connectivity index (χ1n) is 7.34. The molecule has 1 saturated carbocycles. The molecule has 21 heavy (non-hydrogen) atoms. The molecule has 0 heterocycles. The molecule has 0 unspecified atom stereocenters. The Labute approximate surface area is 126 Å². The quantitative estimate of drug-likeness (QED) is 0.805. The molecule has 0 spiro atoms. The van der Waals surface area contributed by atoms with Gasteiger partial charge in [0.2, 0.25) is 5.75 Å². The molecule has 1 aromatic carbocycles. The van der Waals surface area contributed by atoms with E-state index >= 15 is 0 Å². The van der Waals surface area contributed by atoms with E-state index in [1.807, 2.05) is 12.1 Å². The number of hydrogen-bond acceptors (Lipinski definition) is 5. The van der Waals surface area contributed by atoms with E-state index in [0.717, 1.165) is 18.7 Å². The Morgan fingerprint density at radius 3 is 2.14 bits per heavy atom. The van der Waals surface area contributed by atoms with Crippen LogP contribution in [0.4, 0.5) is 0 Å². The fourth-order valence-electron chi connectivity index (χ4n) is 2.86. The summed E-state index contributed by atoms with van der Waals surface area (Å²) in [7, 11) is 7.38. The second-order valence-corrected chi connectivity index (χ2v) is 5.92. The van der Waals surface area contributed by atoms with Crippen molar-refractivity contribution < 1.29 is 14.6 Å². The van der Waals surface area contributed by atoms with Crippen LogP contribution in [0.3, 0.4) is 0 Å². The molecule has 0 aromatic heterocycles. The van der Waals surface area contributed by atoms with E-state index in [2.05, 4.69) is 24.3 Å². The highest BCUT2D eigenvalue weighted by Gasteiger charge is 2.38. The average Bonchev–Trinajstić information content (AvgIpc) is 2.42. The fraction of sp³-hybridized carbons (Fsp3) is 0.625. The van der Waals surface area contributed by atoms with Crippen LogP contribution in [0.25, 0.3) is 0 Å². The molecule has 2 N–H and O–H groups in total. The number of rotatable bonds is 7. The second-order valence-electron chi connectivity index (χ2n) is 5.92. The highest BCUT2D eigenvalue weighted by Crippen LogP contribution is 2.38. The van der Waals surface area contributed by atoms with Crippen LogP contribution in [0, 0.1) is 0 Å². The molecule has 1 aliphatic rings. The van der Waals surface area contributed by atoms with Gasteiger partial charge in [-0.15, -0.1) is 0 Å². The third-order valence-electron chi connectivity index (χ3n) is 4.56. The molecule has 1 aromatic rings. The van der Waals surface area contributed by atoms with E-state index in [1.165, 1.54) is 19.3 Å². The van der Waals surface area contributed by atoms with E-state index in [9.17, 15) is 5.11 Å². The zero-order valence-electron chi connectivity index (χ0n) is 13.4. The number of phenolic OH excluding ortho intramolecular Hbond substituents is 1. The van der Waals surface area contributed by atoms with Crippen LogP contribution in [0.5, 0.6) is 17.2 Å². The standard InChI is InChI=1S/C16H26N2O3/c1-18(2)16(6-5-7-16)11-17-10-12-8-13(20-3)15(19)14(9-12)21-4/h8-9,17,19H,5-7,10-11H2,1-4H3. The third kappa shape index (κ3) is 3.24. The van der Waals surface area contributed by atoms with Gasteiger partial charge in [-0.05, 0) is 51.1 Å². The summed E-state index contributed by atoms with van der Waals surface area (Å²) in [5, 5.41) is 13.4. The molecule has 0 amide bonds. The Morgan fingerprint density at radius 2 is 1.76 bits per heavy atom. The van der Waals surface area contributed by atoms with Crippen molar-refractivity contribution in [1.82, 2.24) is 10.2 Å². The van der Waals surface area contributed by atoms with Gasteiger partial charge in [-0.1, -0.05) is 0 Å². The first-order chi connectivity index (χ1) is 10.0. The molecule has 1 fully saturated rings. The lowest BCUT2D eigenvalue weighted by molar-refractivity contribution is 0.0598. The summed E-state index contributed by atoms with van der Waals surface area (Å²) in [5.74, 6) is 0.932. The van der Waals surface area contributed by atoms with Crippen molar-refractivity contribution in [2.75, 3.05) is 34.9 Å². The van der Waals surface area contributed by atoms with Gasteiger partial charge in [0.15, 0.2) is 11.5 Å². The fourth-order valence-corrected chi connectivity index (χ4v) is 2.86. The lowest BCUT2D eigenvalue weighted by Crippen LogP contribution is -2.56. The van der Waals surface area contributed by atoms with Crippen molar-refractivity contribution in [3.8, 4) is 17.2 Å². The maximum absolute atomic E-state index is 9.91. The van der Waals surface area contributed by atoms with Crippen LogP contribution in [0.15, 0.2) is 12.1 Å². The maximum atomic E-state index is 9.91. The van der Waals surface area contributed by atoms with Crippen LogP contribution in [0.1, 0.15) is 24.8 Å². The van der Waals surface area contributed by atoms with Gasteiger partial charge in [-0.3, -0.25) is 0 Å². The number of methoxy groups -OCH3 is 2. The molecule has 2 rings (SSSR count). The second kappa shape index (κ2) is 6.54. The molecule has 0 radical (unpaired) electrons. The highest BCUT2D eigenvalue weighted by atomic mass is 16.5. The van der Waals surface area contributed by atoms with Gasteiger partial charge in [0, 0.05) is 18.6 Å². The Balaban J connectivity index is 2.00. The molecule has 5 nitrogen and oxygen atoms in total. The minimum atomic E-state index is 0.0486. The van der Waals surface area contributed by atoms with Gasteiger partial charge in [-0.25, -0.2) is 0 Å². The Bertz CT molecular complexity index is 459. The monoisotopic (exact) mass is 294 g/mol. The predicted octanol–water partition coefficient (Wildman–Crippen LogP) is 1.98. The SMILES string of the molecule is COc1cc(CNCC2(N(C)C)CCC2)cc(OC)c1O. The van der Waals surface area contributed by atoms with Gasteiger partial charge in [0.25, 0.3) is 0 Å². The average molecular weight is 294 g/mol. The predicted molar refractivity (Wildman–Crippen MR) is 83.2 cm³/mol. The van der Waals surface area contributed by atoms with Crippen LogP contribution < -0.4 is 14.8 Å². The molecule has 5 heteroatoms. The summed E-state index contributed by atoms with van der Waals surface area (Å²) in [6.07, 6.45) is 3.80. The summed E-state index contributed by atoms with van der Waals surface area (Å²) in [4.78, 5) is 2.32. The zero-order valence-corrected chi connectivity index (χ0v) is 13.4. The van der Waals surface area contributed by atoms with Crippen LogP contribution in [0.2, 0.25) is 0 Å². The zero-order chi connectivity index (χ0) is 15.5. The van der Waals surface area contributed by atoms with Crippen molar-refractivity contribution in [1.29, 1.82) is 0 Å². The lowest BCUT2D eigenvalue weighted by Gasteiger charge is -2.47. The Morgan fingerprint density at radius 1 is 1.19 bits per heavy atom. The van der Waals surface area contributed by atoms with Gasteiger partial charge < -0.3 is 24.8 Å². The molecule has 0 bridgehead atoms. The summed E-state index contributed by atoms with van der Waals surface area (Å²) in [6, 6.07) is 3.68. The van der Waals surface area contributed by atoms with Gasteiger partial charge in [-0.2, -0.15) is 0 Å². The molecule has 0 aliphatic heterocycles. The highest BCUT2D eigenvalue weighted by molar-refractivity contribution is 5.52. The minimum Gasteiger partial charge on any atom is -0.502 e. The maximum Gasteiger partial charge on any atom is 0.200 e. The number of nitrogens with one attached hydrogen (secondary N) is 1. The number of ether oxygens (including phenoxy) is 2. The molecular formula is C16H26N2O3. The van der Waals surface area contributed by atoms with E-state index in [0.29, 0.717) is 17.0 Å². The van der Waals surface area contributed by atoms with Gasteiger partial charge >= 0.3 is 0 Å². The smallest absolute Gasteiger partial charge is 0.200 e. The van der Waals surface area contributed by atoms with Crippen molar-refractivity contribution in [2.24, 2.45) is 0 Å². The normalized spacial score (nSPS) is 16.6. The van der Waals surface area contributed by atoms with E-state index < -0.39 is 0 Å². The molecule has 1 aliphatic carbocycles. The number of likely N-dealkylation sites (N-methyl/N-ethyl adjacent to an activating group) is 1. The van der Waals surface area contributed by atoms with E-state index in [-0.39, 0.29) is 5.75 Å². The van der Waals surface area contributed by atoms with Crippen LogP contribution >= 0.6 is 0 Å². The molecule has 118 valence electrons. The number of hydrogen-bond donors (Lipinski definition) is 2. The van der Waals surface area contributed by atoms with Crippen LogP contribution in [-0.2, 0) is 6.54 Å². The largest absolute Gasteiger partial charge is 0.502 e. The summed E-state index contributed by atoms with van der Waals surface area (Å²) in [6.45, 7) is 1.69. The minimum absolute atomic E-state index is 0.0486. The number of nitrogens with zero attached hydrogens (tertiary/aromatic N) is 1. The van der Waals surface area contributed by atoms with Gasteiger partial charge in [0.05, 0.1) is 14.2 Å². The number of phenols is 1. The van der Waals surface area contributed by atoms with Gasteiger partial charge in [0.1, 0.15) is 0 Å². The number of benzene rings is 1. The van der Waals surface area contributed by atoms with Crippen molar-refractivity contribution >= 4 is 0 Å². The first kappa shape index (κ1) is 15.9. The summed E-state index contributed by atoms with van der Waals surface area (Å²) in [5.41, 5.74) is 1.33. The van der Waals surface area contributed by atoms with Crippen molar-refractivity contribution in [3.63, 3.8) is 0 Å². The molecule has 0 saturated heterocycles. The Kier molecular flexibility index (Phi) is 4.96. The van der Waals surface area contributed by atoms with Crippen LogP contribution in [-0.4, -0.2) is 50.4 Å². The first-order valence-corrected chi connectivity index (χ1v) is 7.34. The van der Waals surface area contributed by atoms with E-state index in [1.54, 1.807) is 14.2 Å². The lowest BCUT2D eigenvalue weighted by atomic mass is 9.75. The van der Waals surface area contributed by atoms with Crippen molar-refractivity contribution in [2.45, 2.75) is 31.3 Å². The molecule has 0 atom stereocenters. The summed E-state index contributed by atoms with van der Waals surface area (Å²) < 4.78 is 10.4. The summed E-state index contributed by atoms with van der Waals surface area (Å²) >= 11 is 0. The topological polar surface area (TPSA) is 54.0 Å². The van der Waals surface area contributed by atoms with Crippen molar-refractivity contribution in [3.05, 3.63) is 17.7 Å². The Hall–Kier alpha value is -1.46. The van der Waals surface area contributed by atoms with E-state index in [4.69, 9.17) is 9.47 Å².